The maximum Gasteiger partial charge on any atom is 0.223 e. The number of nitrogens with zero attached hydrogens (tertiary/aromatic N) is 2. The fraction of sp³-hybridized carbons (Fsp3) is 0.889. The molecule has 4 fully saturated rings. The van der Waals surface area contributed by atoms with Crippen LogP contribution in [0.1, 0.15) is 64.2 Å². The topological polar surface area (TPSA) is 40.6 Å². The molecule has 0 aromatic carbocycles. The average molecular weight is 304 g/mol. The molecule has 0 aromatic rings. The van der Waals surface area contributed by atoms with Crippen molar-refractivity contribution in [3.63, 3.8) is 0 Å². The third-order valence-electron chi connectivity index (χ3n) is 6.25. The monoisotopic (exact) mass is 304 g/mol. The minimum Gasteiger partial charge on any atom is -0.343 e. The van der Waals surface area contributed by atoms with Crippen molar-refractivity contribution in [2.24, 2.45) is 11.8 Å². The lowest BCUT2D eigenvalue weighted by Crippen LogP contribution is -2.47. The van der Waals surface area contributed by atoms with Crippen molar-refractivity contribution in [3.8, 4) is 0 Å². The molecule has 4 rings (SSSR count). The summed E-state index contributed by atoms with van der Waals surface area (Å²) in [6, 6.07) is 0. The summed E-state index contributed by atoms with van der Waals surface area (Å²) in [5.41, 5.74) is 0.0777. The first-order valence-electron chi connectivity index (χ1n) is 9.25. The molecule has 2 saturated carbocycles. The van der Waals surface area contributed by atoms with Gasteiger partial charge >= 0.3 is 0 Å². The Labute approximate surface area is 133 Å². The van der Waals surface area contributed by atoms with Crippen LogP contribution in [0.15, 0.2) is 0 Å². The fourth-order valence-corrected chi connectivity index (χ4v) is 4.37. The van der Waals surface area contributed by atoms with E-state index in [0.29, 0.717) is 17.7 Å². The van der Waals surface area contributed by atoms with Crippen LogP contribution >= 0.6 is 0 Å². The lowest BCUT2D eigenvalue weighted by atomic mass is 9.87. The number of hydrogen-bond acceptors (Lipinski definition) is 2. The van der Waals surface area contributed by atoms with Crippen molar-refractivity contribution in [2.75, 3.05) is 19.6 Å². The van der Waals surface area contributed by atoms with E-state index in [2.05, 4.69) is 9.80 Å². The molecule has 2 saturated heterocycles. The second-order valence-electron chi connectivity index (χ2n) is 8.05. The number of carbonyl (C=O) groups is 2. The van der Waals surface area contributed by atoms with Gasteiger partial charge in [0.2, 0.25) is 11.8 Å². The Morgan fingerprint density at radius 1 is 1.05 bits per heavy atom. The molecule has 2 amide bonds. The van der Waals surface area contributed by atoms with Gasteiger partial charge in [0.05, 0.1) is 0 Å². The summed E-state index contributed by atoms with van der Waals surface area (Å²) in [7, 11) is 0. The number of rotatable bonds is 4. The van der Waals surface area contributed by atoms with Crippen molar-refractivity contribution in [1.29, 1.82) is 0 Å². The van der Waals surface area contributed by atoms with Crippen LogP contribution in [0.4, 0.5) is 0 Å². The molecular weight excluding hydrogens is 276 g/mol. The summed E-state index contributed by atoms with van der Waals surface area (Å²) >= 11 is 0. The summed E-state index contributed by atoms with van der Waals surface area (Å²) in [4.78, 5) is 29.0. The van der Waals surface area contributed by atoms with Crippen molar-refractivity contribution in [3.05, 3.63) is 0 Å². The predicted octanol–water partition coefficient (Wildman–Crippen LogP) is 2.57. The van der Waals surface area contributed by atoms with E-state index in [-0.39, 0.29) is 5.54 Å². The molecule has 22 heavy (non-hydrogen) atoms. The smallest absolute Gasteiger partial charge is 0.223 e. The van der Waals surface area contributed by atoms with E-state index in [0.717, 1.165) is 64.1 Å². The minimum absolute atomic E-state index is 0.0777. The Balaban J connectivity index is 1.41. The summed E-state index contributed by atoms with van der Waals surface area (Å²) in [6.07, 6.45) is 10.7. The second kappa shape index (κ2) is 5.54. The molecule has 0 radical (unpaired) electrons. The first-order chi connectivity index (χ1) is 10.7. The van der Waals surface area contributed by atoms with E-state index < -0.39 is 0 Å². The van der Waals surface area contributed by atoms with E-state index in [1.807, 2.05) is 0 Å². The van der Waals surface area contributed by atoms with E-state index >= 15 is 0 Å². The van der Waals surface area contributed by atoms with Gasteiger partial charge in [-0.1, -0.05) is 0 Å². The fourth-order valence-electron chi connectivity index (χ4n) is 4.37. The third-order valence-corrected chi connectivity index (χ3v) is 6.25. The Hall–Kier alpha value is -1.06. The Kier molecular flexibility index (Phi) is 3.66. The zero-order valence-electron chi connectivity index (χ0n) is 13.6. The quantitative estimate of drug-likeness (QED) is 0.801. The van der Waals surface area contributed by atoms with Gasteiger partial charge in [-0.2, -0.15) is 0 Å². The predicted molar refractivity (Wildman–Crippen MR) is 84.2 cm³/mol. The van der Waals surface area contributed by atoms with Gasteiger partial charge < -0.3 is 9.80 Å². The highest BCUT2D eigenvalue weighted by Crippen LogP contribution is 2.42. The summed E-state index contributed by atoms with van der Waals surface area (Å²) in [6.45, 7) is 2.74. The zero-order valence-corrected chi connectivity index (χ0v) is 13.6. The molecule has 1 atom stereocenters. The summed E-state index contributed by atoms with van der Waals surface area (Å²) in [5, 5.41) is 0. The maximum absolute atomic E-state index is 12.4. The lowest BCUT2D eigenvalue weighted by Gasteiger charge is -2.38. The lowest BCUT2D eigenvalue weighted by molar-refractivity contribution is -0.132. The molecule has 0 bridgehead atoms. The van der Waals surface area contributed by atoms with Crippen LogP contribution in [0, 0.1) is 11.8 Å². The van der Waals surface area contributed by atoms with Gasteiger partial charge in [-0.05, 0) is 63.2 Å². The van der Waals surface area contributed by atoms with Gasteiger partial charge in [0.15, 0.2) is 0 Å². The summed E-state index contributed by atoms with van der Waals surface area (Å²) in [5.74, 6) is 2.15. The van der Waals surface area contributed by atoms with Crippen molar-refractivity contribution < 1.29 is 9.59 Å². The van der Waals surface area contributed by atoms with Crippen LogP contribution in [-0.2, 0) is 9.59 Å². The first-order valence-corrected chi connectivity index (χ1v) is 9.25. The molecule has 0 unspecified atom stereocenters. The van der Waals surface area contributed by atoms with Gasteiger partial charge in [-0.15, -0.1) is 0 Å². The van der Waals surface area contributed by atoms with E-state index in [1.54, 1.807) is 0 Å². The van der Waals surface area contributed by atoms with Crippen molar-refractivity contribution in [1.82, 2.24) is 9.80 Å². The zero-order chi connectivity index (χ0) is 15.2. The van der Waals surface area contributed by atoms with Crippen LogP contribution in [-0.4, -0.2) is 46.8 Å². The molecule has 4 nitrogen and oxygen atoms in total. The number of likely N-dealkylation sites (tertiary alicyclic amines) is 2. The van der Waals surface area contributed by atoms with Crippen LogP contribution in [0.2, 0.25) is 0 Å². The Morgan fingerprint density at radius 2 is 1.82 bits per heavy atom. The number of hydrogen-bond donors (Lipinski definition) is 0. The minimum atomic E-state index is 0.0777. The highest BCUT2D eigenvalue weighted by molar-refractivity contribution is 5.80. The highest BCUT2D eigenvalue weighted by atomic mass is 16.2. The largest absolute Gasteiger partial charge is 0.343 e. The molecule has 122 valence electrons. The van der Waals surface area contributed by atoms with Gasteiger partial charge in [-0.3, -0.25) is 9.59 Å². The Morgan fingerprint density at radius 3 is 2.55 bits per heavy atom. The molecule has 4 heteroatoms. The normalized spacial score (nSPS) is 32.6. The van der Waals surface area contributed by atoms with E-state index in [1.165, 1.54) is 25.7 Å². The second-order valence-corrected chi connectivity index (χ2v) is 8.05. The van der Waals surface area contributed by atoms with E-state index in [4.69, 9.17) is 0 Å². The van der Waals surface area contributed by atoms with Crippen LogP contribution < -0.4 is 0 Å². The molecule has 2 aliphatic carbocycles. The van der Waals surface area contributed by atoms with Gasteiger partial charge in [0.1, 0.15) is 0 Å². The molecule has 2 heterocycles. The molecule has 2 aliphatic heterocycles. The van der Waals surface area contributed by atoms with Crippen LogP contribution in [0.3, 0.4) is 0 Å². The van der Waals surface area contributed by atoms with Crippen LogP contribution in [0.5, 0.6) is 0 Å². The highest BCUT2D eigenvalue weighted by Gasteiger charge is 2.47. The molecule has 0 aromatic heterocycles. The molecular formula is C18H28N2O2. The van der Waals surface area contributed by atoms with Gasteiger partial charge in [0.25, 0.3) is 0 Å². The number of carbonyl (C=O) groups excluding carboxylic acids is 2. The summed E-state index contributed by atoms with van der Waals surface area (Å²) < 4.78 is 0. The molecule has 1 spiro atoms. The van der Waals surface area contributed by atoms with E-state index in [9.17, 15) is 9.59 Å². The number of amides is 2. The average Bonchev–Trinajstić information content (AvgIpc) is 3.36. The first kappa shape index (κ1) is 14.5. The SMILES string of the molecule is O=C(CC1CC1)N1CCC[C@]2(CCC(=O)N2CC2CC2)CC1. The van der Waals surface area contributed by atoms with Crippen LogP contribution in [0.25, 0.3) is 0 Å². The van der Waals surface area contributed by atoms with Gasteiger partial charge in [-0.25, -0.2) is 0 Å². The van der Waals surface area contributed by atoms with Crippen molar-refractivity contribution in [2.45, 2.75) is 69.7 Å². The standard InChI is InChI=1S/C18H28N2O2/c21-16-6-8-18(20(16)13-15-4-5-15)7-1-10-19(11-9-18)17(22)12-14-2-3-14/h14-15H,1-13H2/t18-/m0/s1. The van der Waals surface area contributed by atoms with Gasteiger partial charge in [0, 0.05) is 38.0 Å². The third kappa shape index (κ3) is 2.89. The molecule has 4 aliphatic rings. The maximum atomic E-state index is 12.4. The molecule has 0 N–H and O–H groups in total. The Bertz CT molecular complexity index is 470. The van der Waals surface area contributed by atoms with Crippen molar-refractivity contribution >= 4 is 11.8 Å².